The lowest BCUT2D eigenvalue weighted by atomic mass is 10.2. The molecule has 0 aliphatic rings. The molecule has 0 unspecified atom stereocenters. The molecule has 2 heterocycles. The van der Waals surface area contributed by atoms with Gasteiger partial charge in [-0.25, -0.2) is 10.1 Å². The van der Waals surface area contributed by atoms with Crippen molar-refractivity contribution in [3.8, 4) is 11.6 Å². The lowest BCUT2D eigenvalue weighted by molar-refractivity contribution is 0.0949. The van der Waals surface area contributed by atoms with Gasteiger partial charge >= 0.3 is 0 Å². The molecular weight excluding hydrogens is 340 g/mol. The van der Waals surface area contributed by atoms with Crippen LogP contribution < -0.4 is 11.2 Å². The van der Waals surface area contributed by atoms with Crippen LogP contribution >= 0.6 is 0 Å². The Morgan fingerprint density at radius 2 is 2.23 bits per heavy atom. The second kappa shape index (κ2) is 7.42. The number of nitrogens with two attached hydrogens (primary N) is 1. The van der Waals surface area contributed by atoms with Crippen LogP contribution in [0.1, 0.15) is 35.1 Å². The van der Waals surface area contributed by atoms with Crippen LogP contribution in [-0.2, 0) is 6.42 Å². The first-order valence-electron chi connectivity index (χ1n) is 7.76. The molecule has 0 aliphatic heterocycles. The van der Waals surface area contributed by atoms with E-state index in [1.54, 1.807) is 18.2 Å². The Morgan fingerprint density at radius 1 is 1.42 bits per heavy atom. The second-order valence-corrected chi connectivity index (χ2v) is 5.28. The third kappa shape index (κ3) is 3.36. The molecule has 0 saturated carbocycles. The van der Waals surface area contributed by atoms with E-state index in [1.807, 2.05) is 6.92 Å². The predicted molar refractivity (Wildman–Crippen MR) is 90.8 cm³/mol. The Bertz CT molecular complexity index is 946. The van der Waals surface area contributed by atoms with Gasteiger partial charge in [-0.15, -0.1) is 5.10 Å². The molecule has 11 nitrogen and oxygen atoms in total. The third-order valence-electron chi connectivity index (χ3n) is 3.47. The molecule has 1 amide bonds. The molecule has 0 aliphatic carbocycles. The van der Waals surface area contributed by atoms with Crippen molar-refractivity contribution in [1.29, 1.82) is 0 Å². The lowest BCUT2D eigenvalue weighted by Gasteiger charge is -2.03. The normalized spacial score (nSPS) is 11.1. The lowest BCUT2D eigenvalue weighted by Crippen LogP contribution is -2.20. The summed E-state index contributed by atoms with van der Waals surface area (Å²) in [5.74, 6) is -0.298. The Balaban J connectivity index is 1.82. The van der Waals surface area contributed by atoms with E-state index >= 15 is 0 Å². The van der Waals surface area contributed by atoms with Crippen molar-refractivity contribution in [2.75, 3.05) is 5.73 Å². The van der Waals surface area contributed by atoms with Crippen LogP contribution in [0.25, 0.3) is 5.82 Å². The number of phenolic OH excluding ortho intramolecular Hbond substituents is 1. The van der Waals surface area contributed by atoms with Crippen LogP contribution in [0.3, 0.4) is 0 Å². The van der Waals surface area contributed by atoms with Gasteiger partial charge in [0, 0.05) is 5.56 Å². The summed E-state index contributed by atoms with van der Waals surface area (Å²) in [4.78, 5) is 12.4. The summed E-state index contributed by atoms with van der Waals surface area (Å²) in [6, 6.07) is 6.60. The zero-order valence-electron chi connectivity index (χ0n) is 13.8. The molecule has 11 heteroatoms. The van der Waals surface area contributed by atoms with Crippen molar-refractivity contribution in [2.45, 2.75) is 19.8 Å². The molecule has 2 aromatic heterocycles. The number of anilines is 1. The van der Waals surface area contributed by atoms with Gasteiger partial charge in [-0.2, -0.15) is 9.78 Å². The molecular formula is C15H16N8O3. The Morgan fingerprint density at radius 3 is 2.92 bits per heavy atom. The van der Waals surface area contributed by atoms with Gasteiger partial charge in [0.25, 0.3) is 5.91 Å². The van der Waals surface area contributed by atoms with Gasteiger partial charge in [-0.3, -0.25) is 4.79 Å². The highest BCUT2D eigenvalue weighted by molar-refractivity contribution is 5.94. The highest BCUT2D eigenvalue weighted by Crippen LogP contribution is 2.17. The van der Waals surface area contributed by atoms with E-state index in [0.717, 1.165) is 6.42 Å². The van der Waals surface area contributed by atoms with E-state index in [9.17, 15) is 9.90 Å². The van der Waals surface area contributed by atoms with Gasteiger partial charge in [0.1, 0.15) is 5.75 Å². The average Bonchev–Trinajstić information content (AvgIpc) is 3.23. The highest BCUT2D eigenvalue weighted by atomic mass is 16.6. The first kappa shape index (κ1) is 17.1. The Kier molecular flexibility index (Phi) is 4.87. The number of aromatic nitrogens is 5. The van der Waals surface area contributed by atoms with Crippen molar-refractivity contribution in [3.05, 3.63) is 41.2 Å². The SMILES string of the molecule is CCCc1c(C(=O)N/N=C/c2ccccc2O)nnn1-c1nonc1N. The quantitative estimate of drug-likeness (QED) is 0.429. The minimum absolute atomic E-state index is 0.0387. The van der Waals surface area contributed by atoms with Crippen molar-refractivity contribution in [3.63, 3.8) is 0 Å². The summed E-state index contributed by atoms with van der Waals surface area (Å²) >= 11 is 0. The highest BCUT2D eigenvalue weighted by Gasteiger charge is 2.23. The zero-order chi connectivity index (χ0) is 18.5. The maximum Gasteiger partial charge on any atom is 0.293 e. The van der Waals surface area contributed by atoms with Crippen LogP contribution in [0.5, 0.6) is 5.75 Å². The number of nitrogens with one attached hydrogen (secondary N) is 1. The minimum Gasteiger partial charge on any atom is -0.507 e. The van der Waals surface area contributed by atoms with Crippen LogP contribution in [0, 0.1) is 0 Å². The van der Waals surface area contributed by atoms with Gasteiger partial charge in [-0.1, -0.05) is 30.7 Å². The molecule has 0 fully saturated rings. The maximum absolute atomic E-state index is 12.4. The average molecular weight is 356 g/mol. The number of carbonyl (C=O) groups excluding carboxylic acids is 1. The number of aromatic hydroxyl groups is 1. The summed E-state index contributed by atoms with van der Waals surface area (Å²) in [6.45, 7) is 1.94. The van der Waals surface area contributed by atoms with E-state index in [0.29, 0.717) is 17.7 Å². The minimum atomic E-state index is -0.554. The van der Waals surface area contributed by atoms with Crippen LogP contribution in [-0.4, -0.2) is 42.5 Å². The molecule has 0 saturated heterocycles. The number of amides is 1. The topological polar surface area (TPSA) is 157 Å². The standard InChI is InChI=1S/C15H16N8O3/c1-2-5-10-12(18-22-23(10)14-13(16)20-26-21-14)15(25)19-17-8-9-6-3-4-7-11(9)24/h3-4,6-8,24H,2,5H2,1H3,(H2,16,20)(H,19,25)/b17-8+. The van der Waals surface area contributed by atoms with Gasteiger partial charge in [-0.05, 0) is 28.9 Å². The van der Waals surface area contributed by atoms with E-state index in [4.69, 9.17) is 5.73 Å². The molecule has 3 rings (SSSR count). The zero-order valence-corrected chi connectivity index (χ0v) is 13.8. The number of benzene rings is 1. The molecule has 134 valence electrons. The molecule has 3 aromatic rings. The number of hydrogen-bond donors (Lipinski definition) is 3. The van der Waals surface area contributed by atoms with Gasteiger partial charge < -0.3 is 10.8 Å². The molecule has 0 spiro atoms. The fraction of sp³-hybridized carbons (Fsp3) is 0.200. The van der Waals surface area contributed by atoms with Gasteiger partial charge in [0.2, 0.25) is 11.6 Å². The van der Waals surface area contributed by atoms with Crippen molar-refractivity contribution < 1.29 is 14.5 Å². The Labute approximate surface area is 147 Å². The number of hydrogen-bond acceptors (Lipinski definition) is 9. The molecule has 1 aromatic carbocycles. The number of phenols is 1. The summed E-state index contributed by atoms with van der Waals surface area (Å²) in [5.41, 5.74) is 9.09. The fourth-order valence-electron chi connectivity index (χ4n) is 2.26. The predicted octanol–water partition coefficient (Wildman–Crippen LogP) is 0.654. The molecule has 0 atom stereocenters. The third-order valence-corrected chi connectivity index (χ3v) is 3.47. The number of nitrogen functional groups attached to an aromatic ring is 1. The summed E-state index contributed by atoms with van der Waals surface area (Å²) < 4.78 is 5.88. The number of carbonyl (C=O) groups is 1. The van der Waals surface area contributed by atoms with Crippen molar-refractivity contribution >= 4 is 17.9 Å². The van der Waals surface area contributed by atoms with E-state index in [-0.39, 0.29) is 23.1 Å². The Hall–Kier alpha value is -3.76. The number of hydrazone groups is 1. The molecule has 0 radical (unpaired) electrons. The van der Waals surface area contributed by atoms with Gasteiger partial charge in [0.15, 0.2) is 5.69 Å². The molecule has 26 heavy (non-hydrogen) atoms. The van der Waals surface area contributed by atoms with Gasteiger partial charge in [0.05, 0.1) is 11.9 Å². The summed E-state index contributed by atoms with van der Waals surface area (Å²) in [7, 11) is 0. The number of para-hydroxylation sites is 1. The summed E-state index contributed by atoms with van der Waals surface area (Å²) in [5, 5.41) is 28.5. The molecule has 0 bridgehead atoms. The van der Waals surface area contributed by atoms with Crippen molar-refractivity contribution in [2.24, 2.45) is 5.10 Å². The van der Waals surface area contributed by atoms with E-state index in [1.165, 1.54) is 17.0 Å². The summed E-state index contributed by atoms with van der Waals surface area (Å²) in [6.07, 6.45) is 2.57. The maximum atomic E-state index is 12.4. The van der Waals surface area contributed by atoms with Crippen LogP contribution in [0.2, 0.25) is 0 Å². The molecule has 4 N–H and O–H groups in total. The first-order chi connectivity index (χ1) is 12.6. The van der Waals surface area contributed by atoms with Crippen LogP contribution in [0.4, 0.5) is 5.82 Å². The van der Waals surface area contributed by atoms with Crippen molar-refractivity contribution in [1.82, 2.24) is 30.7 Å². The monoisotopic (exact) mass is 356 g/mol. The number of rotatable bonds is 6. The smallest absolute Gasteiger partial charge is 0.293 e. The van der Waals surface area contributed by atoms with Crippen LogP contribution in [0.15, 0.2) is 34.0 Å². The fourth-order valence-corrected chi connectivity index (χ4v) is 2.26. The largest absolute Gasteiger partial charge is 0.507 e. The first-order valence-corrected chi connectivity index (χ1v) is 7.76. The van der Waals surface area contributed by atoms with E-state index < -0.39 is 5.91 Å². The van der Waals surface area contributed by atoms with E-state index in [2.05, 4.69) is 35.8 Å². The second-order valence-electron chi connectivity index (χ2n) is 5.28. The number of nitrogens with zero attached hydrogens (tertiary/aromatic N) is 6.